The molecule has 2 rings (SSSR count). The Bertz CT molecular complexity index is 510. The fraction of sp³-hybridized carbons (Fsp3) is 0.400. The monoisotopic (exact) mass is 260 g/mol. The van der Waals surface area contributed by atoms with Crippen LogP contribution in [0.4, 0.5) is 0 Å². The van der Waals surface area contributed by atoms with E-state index in [0.717, 1.165) is 11.5 Å². The number of benzene rings is 1. The molecule has 1 unspecified atom stereocenters. The molecule has 19 heavy (non-hydrogen) atoms. The lowest BCUT2D eigenvalue weighted by atomic mass is 9.93. The Morgan fingerprint density at radius 3 is 2.63 bits per heavy atom. The summed E-state index contributed by atoms with van der Waals surface area (Å²) in [5, 5.41) is 7.49. The maximum Gasteiger partial charge on any atom is 0.133 e. The largest absolute Gasteiger partial charge is 0.382 e. The van der Waals surface area contributed by atoms with Gasteiger partial charge in [0.05, 0.1) is 17.8 Å². The fourth-order valence-corrected chi connectivity index (χ4v) is 2.12. The zero-order valence-corrected chi connectivity index (χ0v) is 11.6. The molecule has 102 valence electrons. The van der Waals surface area contributed by atoms with Gasteiger partial charge in [-0.3, -0.25) is 5.32 Å². The minimum atomic E-state index is -0.247. The van der Waals surface area contributed by atoms with Crippen molar-refractivity contribution in [3.63, 3.8) is 0 Å². The minimum absolute atomic E-state index is 0.247. The van der Waals surface area contributed by atoms with Crippen molar-refractivity contribution in [3.05, 3.63) is 53.4 Å². The van der Waals surface area contributed by atoms with Crippen molar-refractivity contribution < 1.29 is 9.26 Å². The molecule has 4 nitrogen and oxygen atoms in total. The second-order valence-electron chi connectivity index (χ2n) is 4.91. The maximum absolute atomic E-state index is 5.35. The molecule has 0 aliphatic heterocycles. The van der Waals surface area contributed by atoms with Gasteiger partial charge in [-0.05, 0) is 19.4 Å². The number of methoxy groups -OCH3 is 1. The minimum Gasteiger partial charge on any atom is -0.382 e. The van der Waals surface area contributed by atoms with Crippen molar-refractivity contribution in [1.82, 2.24) is 10.5 Å². The van der Waals surface area contributed by atoms with E-state index in [9.17, 15) is 0 Å². The summed E-state index contributed by atoms with van der Waals surface area (Å²) in [6.45, 7) is 5.25. The number of hydrogen-bond acceptors (Lipinski definition) is 4. The summed E-state index contributed by atoms with van der Waals surface area (Å²) < 4.78 is 10.4. The van der Waals surface area contributed by atoms with E-state index >= 15 is 0 Å². The summed E-state index contributed by atoms with van der Waals surface area (Å²) >= 11 is 0. The van der Waals surface area contributed by atoms with Crippen LogP contribution in [0.15, 0.2) is 40.9 Å². The van der Waals surface area contributed by atoms with Crippen LogP contribution in [0.2, 0.25) is 0 Å². The van der Waals surface area contributed by atoms with E-state index in [-0.39, 0.29) is 5.54 Å². The first-order valence-corrected chi connectivity index (χ1v) is 6.36. The summed E-state index contributed by atoms with van der Waals surface area (Å²) in [5.74, 6) is 0.824. The van der Waals surface area contributed by atoms with Crippen LogP contribution in [0.5, 0.6) is 0 Å². The first-order valence-electron chi connectivity index (χ1n) is 6.36. The summed E-state index contributed by atoms with van der Waals surface area (Å²) in [6, 6.07) is 12.2. The molecule has 1 aromatic heterocycles. The van der Waals surface area contributed by atoms with Crippen LogP contribution >= 0.6 is 0 Å². The molecule has 0 radical (unpaired) electrons. The lowest BCUT2D eigenvalue weighted by molar-refractivity contribution is 0.116. The topological polar surface area (TPSA) is 47.3 Å². The number of nitrogens with one attached hydrogen (secondary N) is 1. The molecule has 1 atom stereocenters. The Morgan fingerprint density at radius 1 is 1.32 bits per heavy atom. The number of ether oxygens (including phenoxy) is 1. The zero-order valence-electron chi connectivity index (χ0n) is 11.6. The molecule has 0 saturated carbocycles. The van der Waals surface area contributed by atoms with E-state index in [1.165, 1.54) is 5.56 Å². The molecule has 2 aromatic rings. The molecule has 0 saturated heterocycles. The van der Waals surface area contributed by atoms with Gasteiger partial charge in [0.25, 0.3) is 0 Å². The summed E-state index contributed by atoms with van der Waals surface area (Å²) in [5.41, 5.74) is 1.84. The van der Waals surface area contributed by atoms with E-state index in [1.807, 2.05) is 31.2 Å². The van der Waals surface area contributed by atoms with Crippen molar-refractivity contribution in [1.29, 1.82) is 0 Å². The second kappa shape index (κ2) is 5.99. The Labute approximate surface area is 113 Å². The average molecular weight is 260 g/mol. The standard InChI is InChI=1S/C15H20N2O2/c1-12-9-14(17-19-12)10-16-15(2,11-18-3)13-7-5-4-6-8-13/h4-9,16H,10-11H2,1-3H3. The molecule has 0 aliphatic rings. The van der Waals surface area contributed by atoms with Crippen LogP contribution in [0, 0.1) is 6.92 Å². The van der Waals surface area contributed by atoms with Crippen molar-refractivity contribution in [2.45, 2.75) is 25.9 Å². The molecule has 1 heterocycles. The molecule has 0 bridgehead atoms. The van der Waals surface area contributed by atoms with Gasteiger partial charge >= 0.3 is 0 Å². The number of aromatic nitrogens is 1. The van der Waals surface area contributed by atoms with E-state index < -0.39 is 0 Å². The van der Waals surface area contributed by atoms with Gasteiger partial charge < -0.3 is 9.26 Å². The van der Waals surface area contributed by atoms with Crippen molar-refractivity contribution in [2.75, 3.05) is 13.7 Å². The van der Waals surface area contributed by atoms with Crippen LogP contribution < -0.4 is 5.32 Å². The van der Waals surface area contributed by atoms with Crippen LogP contribution in [-0.2, 0) is 16.8 Å². The fourth-order valence-electron chi connectivity index (χ4n) is 2.12. The van der Waals surface area contributed by atoms with Gasteiger partial charge in [-0.25, -0.2) is 0 Å². The van der Waals surface area contributed by atoms with Crippen LogP contribution in [0.25, 0.3) is 0 Å². The Hall–Kier alpha value is -1.65. The maximum atomic E-state index is 5.35. The predicted molar refractivity (Wildman–Crippen MR) is 73.7 cm³/mol. The highest BCUT2D eigenvalue weighted by Crippen LogP contribution is 2.21. The summed E-state index contributed by atoms with van der Waals surface area (Å²) in [4.78, 5) is 0. The van der Waals surface area contributed by atoms with Gasteiger partial charge in [-0.15, -0.1) is 0 Å². The van der Waals surface area contributed by atoms with Crippen molar-refractivity contribution in [3.8, 4) is 0 Å². The van der Waals surface area contributed by atoms with E-state index in [4.69, 9.17) is 9.26 Å². The van der Waals surface area contributed by atoms with Gasteiger partial charge in [-0.1, -0.05) is 35.5 Å². The smallest absolute Gasteiger partial charge is 0.133 e. The number of aryl methyl sites for hydroxylation is 1. The third kappa shape index (κ3) is 3.43. The third-order valence-corrected chi connectivity index (χ3v) is 3.18. The Balaban J connectivity index is 2.11. The van der Waals surface area contributed by atoms with Crippen LogP contribution in [0.1, 0.15) is 23.9 Å². The van der Waals surface area contributed by atoms with Crippen LogP contribution in [-0.4, -0.2) is 18.9 Å². The number of nitrogens with zero attached hydrogens (tertiary/aromatic N) is 1. The first-order chi connectivity index (χ1) is 9.14. The normalized spacial score (nSPS) is 14.3. The summed E-state index contributed by atoms with van der Waals surface area (Å²) in [7, 11) is 1.71. The van der Waals surface area contributed by atoms with E-state index in [2.05, 4.69) is 29.5 Å². The van der Waals surface area contributed by atoms with Crippen LogP contribution in [0.3, 0.4) is 0 Å². The van der Waals surface area contributed by atoms with E-state index in [1.54, 1.807) is 7.11 Å². The molecule has 0 aliphatic carbocycles. The van der Waals surface area contributed by atoms with Gasteiger partial charge in [0, 0.05) is 19.7 Å². The van der Waals surface area contributed by atoms with Gasteiger partial charge in [0.1, 0.15) is 5.76 Å². The molecule has 0 amide bonds. The van der Waals surface area contributed by atoms with Crippen molar-refractivity contribution >= 4 is 0 Å². The Morgan fingerprint density at radius 2 is 2.05 bits per heavy atom. The molecular weight excluding hydrogens is 240 g/mol. The van der Waals surface area contributed by atoms with Gasteiger partial charge in [-0.2, -0.15) is 0 Å². The molecule has 1 N–H and O–H groups in total. The highest BCUT2D eigenvalue weighted by molar-refractivity contribution is 5.24. The zero-order chi connectivity index (χ0) is 13.7. The Kier molecular flexibility index (Phi) is 4.35. The molecule has 0 spiro atoms. The quantitative estimate of drug-likeness (QED) is 0.867. The SMILES string of the molecule is COCC(C)(NCc1cc(C)on1)c1ccccc1. The molecular formula is C15H20N2O2. The number of rotatable bonds is 6. The third-order valence-electron chi connectivity index (χ3n) is 3.18. The van der Waals surface area contributed by atoms with Gasteiger partial charge in [0.2, 0.25) is 0 Å². The number of hydrogen-bond donors (Lipinski definition) is 1. The highest BCUT2D eigenvalue weighted by Gasteiger charge is 2.26. The molecule has 4 heteroatoms. The summed E-state index contributed by atoms with van der Waals surface area (Å²) in [6.07, 6.45) is 0. The lowest BCUT2D eigenvalue weighted by Crippen LogP contribution is -2.43. The van der Waals surface area contributed by atoms with E-state index in [0.29, 0.717) is 13.2 Å². The highest BCUT2D eigenvalue weighted by atomic mass is 16.5. The average Bonchev–Trinajstić information content (AvgIpc) is 2.84. The molecule has 0 fully saturated rings. The lowest BCUT2D eigenvalue weighted by Gasteiger charge is -2.30. The first kappa shape index (κ1) is 13.8. The van der Waals surface area contributed by atoms with Gasteiger partial charge in [0.15, 0.2) is 0 Å². The second-order valence-corrected chi connectivity index (χ2v) is 4.91. The predicted octanol–water partition coefficient (Wildman–Crippen LogP) is 2.63. The molecule has 1 aromatic carbocycles. The van der Waals surface area contributed by atoms with Crippen molar-refractivity contribution in [2.24, 2.45) is 0 Å².